The Bertz CT molecular complexity index is 959. The van der Waals surface area contributed by atoms with Crippen molar-refractivity contribution in [3.63, 3.8) is 0 Å². The van der Waals surface area contributed by atoms with E-state index >= 15 is 0 Å². The molecule has 2 fully saturated rings. The number of ether oxygens (including phenoxy) is 1. The second-order valence-electron chi connectivity index (χ2n) is 10.3. The van der Waals surface area contributed by atoms with Gasteiger partial charge in [-0.15, -0.1) is 0 Å². The summed E-state index contributed by atoms with van der Waals surface area (Å²) in [6.07, 6.45) is 20.5. The van der Waals surface area contributed by atoms with Crippen molar-refractivity contribution in [3.8, 4) is 11.8 Å². The molecule has 0 amide bonds. The first-order valence-electron chi connectivity index (χ1n) is 13.0. The van der Waals surface area contributed by atoms with E-state index < -0.39 is 12.1 Å². The number of aliphatic hydroxyl groups is 1. The predicted octanol–water partition coefficient (Wildman–Crippen LogP) is 6.46. The summed E-state index contributed by atoms with van der Waals surface area (Å²) in [6, 6.07) is 10.1. The van der Waals surface area contributed by atoms with Crippen LogP contribution in [0.2, 0.25) is 0 Å². The van der Waals surface area contributed by atoms with Crippen molar-refractivity contribution in [2.45, 2.75) is 77.2 Å². The second-order valence-corrected chi connectivity index (χ2v) is 10.3. The molecule has 3 rings (SSSR count). The molecule has 4 heteroatoms. The Hall–Kier alpha value is -2.61. The van der Waals surface area contributed by atoms with Crippen molar-refractivity contribution < 1.29 is 19.7 Å². The highest BCUT2D eigenvalue weighted by molar-refractivity contribution is 5.68. The quantitative estimate of drug-likeness (QED) is 0.166. The van der Waals surface area contributed by atoms with Gasteiger partial charge >= 0.3 is 5.97 Å². The van der Waals surface area contributed by atoms with Gasteiger partial charge in [0.1, 0.15) is 6.61 Å². The molecule has 0 heterocycles. The van der Waals surface area contributed by atoms with E-state index in [0.717, 1.165) is 44.1 Å². The Morgan fingerprint density at radius 1 is 1.14 bits per heavy atom. The van der Waals surface area contributed by atoms with E-state index in [1.54, 1.807) is 0 Å². The molecule has 0 aliphatic heterocycles. The number of benzene rings is 1. The Morgan fingerprint density at radius 2 is 1.94 bits per heavy atom. The third kappa shape index (κ3) is 8.84. The lowest BCUT2D eigenvalue weighted by atomic mass is 9.64. The van der Waals surface area contributed by atoms with E-state index in [4.69, 9.17) is 9.84 Å². The minimum absolute atomic E-state index is 0.0481. The highest BCUT2D eigenvalue weighted by atomic mass is 16.5. The lowest BCUT2D eigenvalue weighted by molar-refractivity contribution is -0.141. The first-order chi connectivity index (χ1) is 16.9. The summed E-state index contributed by atoms with van der Waals surface area (Å²) >= 11 is 0. The number of allylic oxidation sites excluding steroid dienone is 4. The van der Waals surface area contributed by atoms with E-state index in [0.29, 0.717) is 6.61 Å². The zero-order chi connectivity index (χ0) is 25.0. The van der Waals surface area contributed by atoms with Crippen LogP contribution >= 0.6 is 0 Å². The number of carbonyl (C=O) groups is 1. The summed E-state index contributed by atoms with van der Waals surface area (Å²) in [5.74, 6) is 5.72. The van der Waals surface area contributed by atoms with Gasteiger partial charge in [0, 0.05) is 17.4 Å². The third-order valence-electron chi connectivity index (χ3n) is 7.56. The lowest BCUT2D eigenvalue weighted by Crippen LogP contribution is -2.30. The van der Waals surface area contributed by atoms with E-state index in [-0.39, 0.29) is 17.4 Å². The maximum atomic E-state index is 10.6. The van der Waals surface area contributed by atoms with Gasteiger partial charge in [0.2, 0.25) is 0 Å². The largest absolute Gasteiger partial charge is 0.480 e. The van der Waals surface area contributed by atoms with Crippen LogP contribution < -0.4 is 0 Å². The first kappa shape index (κ1) is 27.0. The summed E-state index contributed by atoms with van der Waals surface area (Å²) in [5, 5.41) is 19.3. The SMILES string of the molecule is C[C@@]1(/C=C/C=C/[C@@H](O)CCC2(CC#Cc3ccccc3)CCC2)CCCC/C1=C\COCC(=O)O. The molecule has 0 bridgehead atoms. The smallest absolute Gasteiger partial charge is 0.329 e. The van der Waals surface area contributed by atoms with Crippen LogP contribution in [0.25, 0.3) is 0 Å². The van der Waals surface area contributed by atoms with Gasteiger partial charge in [-0.3, -0.25) is 0 Å². The fraction of sp³-hybridized carbons (Fsp3) is 0.516. The zero-order valence-corrected chi connectivity index (χ0v) is 21.0. The molecule has 2 saturated carbocycles. The molecule has 2 N–H and O–H groups in total. The van der Waals surface area contributed by atoms with Crippen LogP contribution in [-0.2, 0) is 9.53 Å². The number of hydrogen-bond donors (Lipinski definition) is 2. The summed E-state index contributed by atoms with van der Waals surface area (Å²) in [4.78, 5) is 10.6. The fourth-order valence-electron chi connectivity index (χ4n) is 5.14. The van der Waals surface area contributed by atoms with Crippen LogP contribution in [0.4, 0.5) is 0 Å². The number of carboxylic acid groups (broad SMARTS) is 1. The maximum absolute atomic E-state index is 10.6. The minimum Gasteiger partial charge on any atom is -0.480 e. The van der Waals surface area contributed by atoms with Gasteiger partial charge in [0.15, 0.2) is 0 Å². The number of hydrogen-bond acceptors (Lipinski definition) is 3. The Balaban J connectivity index is 1.47. The Morgan fingerprint density at radius 3 is 2.66 bits per heavy atom. The summed E-state index contributed by atoms with van der Waals surface area (Å²) < 4.78 is 5.21. The number of rotatable bonds is 11. The average molecular weight is 477 g/mol. The molecule has 0 spiro atoms. The van der Waals surface area contributed by atoms with E-state index in [1.165, 1.54) is 31.3 Å². The topological polar surface area (TPSA) is 66.8 Å². The van der Waals surface area contributed by atoms with Crippen molar-refractivity contribution in [2.24, 2.45) is 10.8 Å². The van der Waals surface area contributed by atoms with Crippen molar-refractivity contribution >= 4 is 5.97 Å². The predicted molar refractivity (Wildman–Crippen MR) is 141 cm³/mol. The molecule has 0 radical (unpaired) electrons. The molecule has 0 aromatic heterocycles. The first-order valence-corrected chi connectivity index (χ1v) is 13.0. The molecule has 2 aliphatic rings. The zero-order valence-electron chi connectivity index (χ0n) is 21.0. The Labute approximate surface area is 210 Å². The maximum Gasteiger partial charge on any atom is 0.329 e. The molecule has 4 nitrogen and oxygen atoms in total. The van der Waals surface area contributed by atoms with Crippen molar-refractivity contribution in [1.82, 2.24) is 0 Å². The minimum atomic E-state index is -0.943. The summed E-state index contributed by atoms with van der Waals surface area (Å²) in [5.41, 5.74) is 2.59. The molecule has 2 aliphatic carbocycles. The molecule has 35 heavy (non-hydrogen) atoms. The van der Waals surface area contributed by atoms with Crippen LogP contribution in [0.3, 0.4) is 0 Å². The molecule has 0 saturated heterocycles. The van der Waals surface area contributed by atoms with Crippen LogP contribution in [0.1, 0.15) is 76.7 Å². The van der Waals surface area contributed by atoms with Crippen LogP contribution in [0.15, 0.2) is 66.3 Å². The standard InChI is InChI=1S/C31H40O4/c1-30(18-7-5-14-27(30)17-24-35-25-29(33)34)19-8-6-15-28(32)16-23-31(21-10-22-31)20-9-13-26-11-3-2-4-12-26/h2-4,6,8,11-12,15,17,19,28,32H,5,7,10,14,16,18,20-25H2,1H3,(H,33,34)/b15-6+,19-8+,27-17+/t28-,30+/m1/s1. The highest BCUT2D eigenvalue weighted by Crippen LogP contribution is 2.47. The number of aliphatic hydroxyl groups excluding tert-OH is 1. The van der Waals surface area contributed by atoms with Crippen molar-refractivity contribution in [1.29, 1.82) is 0 Å². The average Bonchev–Trinajstić information content (AvgIpc) is 2.82. The molecular formula is C31H40O4. The van der Waals surface area contributed by atoms with Gasteiger partial charge < -0.3 is 14.9 Å². The molecule has 2 atom stereocenters. The fourth-order valence-corrected chi connectivity index (χ4v) is 5.14. The summed E-state index contributed by atoms with van der Waals surface area (Å²) in [7, 11) is 0. The van der Waals surface area contributed by atoms with Crippen LogP contribution in [-0.4, -0.2) is 35.5 Å². The lowest BCUT2D eigenvalue weighted by Gasteiger charge is -2.41. The van der Waals surface area contributed by atoms with Crippen molar-refractivity contribution in [2.75, 3.05) is 13.2 Å². The second kappa shape index (κ2) is 13.5. The summed E-state index contributed by atoms with van der Waals surface area (Å²) in [6.45, 7) is 2.29. The molecule has 1 aromatic carbocycles. The Kier molecular flexibility index (Phi) is 10.4. The van der Waals surface area contributed by atoms with Gasteiger partial charge in [0.05, 0.1) is 12.7 Å². The van der Waals surface area contributed by atoms with E-state index in [1.807, 2.05) is 54.6 Å². The highest BCUT2D eigenvalue weighted by Gasteiger charge is 2.36. The number of carboxylic acids is 1. The van der Waals surface area contributed by atoms with Crippen LogP contribution in [0.5, 0.6) is 0 Å². The molecular weight excluding hydrogens is 436 g/mol. The normalized spacial score (nSPS) is 23.7. The molecule has 0 unspecified atom stereocenters. The van der Waals surface area contributed by atoms with Gasteiger partial charge in [-0.05, 0) is 62.5 Å². The van der Waals surface area contributed by atoms with Gasteiger partial charge in [-0.1, -0.05) is 85.8 Å². The van der Waals surface area contributed by atoms with Gasteiger partial charge in [-0.25, -0.2) is 4.79 Å². The van der Waals surface area contributed by atoms with Gasteiger partial charge in [0.25, 0.3) is 0 Å². The molecule has 188 valence electrons. The monoisotopic (exact) mass is 476 g/mol. The van der Waals surface area contributed by atoms with Gasteiger partial charge in [-0.2, -0.15) is 0 Å². The van der Waals surface area contributed by atoms with Crippen LogP contribution in [0, 0.1) is 22.7 Å². The number of aliphatic carboxylic acids is 1. The third-order valence-corrected chi connectivity index (χ3v) is 7.56. The molecule has 1 aromatic rings. The van der Waals surface area contributed by atoms with Crippen molar-refractivity contribution in [3.05, 3.63) is 71.8 Å². The van der Waals surface area contributed by atoms with E-state index in [9.17, 15) is 9.90 Å². The van der Waals surface area contributed by atoms with E-state index in [2.05, 4.69) is 24.8 Å².